The molecule has 3 aromatic rings. The molecule has 0 N–H and O–H groups in total. The quantitative estimate of drug-likeness (QED) is 0.230. The molecule has 6 rings (SSSR count). The minimum Gasteiger partial charge on any atom is -0.349 e. The van der Waals surface area contributed by atoms with Crippen LogP contribution in [0.15, 0.2) is 72.8 Å². The van der Waals surface area contributed by atoms with E-state index in [9.17, 15) is 29.3 Å². The van der Waals surface area contributed by atoms with Crippen LogP contribution in [0.3, 0.4) is 0 Å². The van der Waals surface area contributed by atoms with E-state index >= 15 is 0 Å². The molecule has 2 amide bonds. The first kappa shape index (κ1) is 22.3. The SMILES string of the molecule is O=C1[C@@H]2[C@H](c3ccccc3Cl)OC3(C(=O)c4ccccc4C3=O)[C@H]2C(=O)N1c1ccc([N+](=O)[O-])cc1. The van der Waals surface area contributed by atoms with E-state index in [4.69, 9.17) is 16.3 Å². The third kappa shape index (κ3) is 2.75. The number of non-ortho nitro benzene ring substituents is 1. The number of amides is 2. The summed E-state index contributed by atoms with van der Waals surface area (Å²) in [6.45, 7) is 0. The number of imide groups is 1. The summed E-state index contributed by atoms with van der Waals surface area (Å²) in [4.78, 5) is 66.4. The second-order valence-corrected chi connectivity index (χ2v) is 9.20. The lowest BCUT2D eigenvalue weighted by Crippen LogP contribution is -2.51. The Morgan fingerprint density at radius 2 is 1.42 bits per heavy atom. The molecule has 3 aliphatic rings. The standard InChI is InChI=1S/C26H15ClN2O7/c27-18-8-4-3-7-17(18)21-19-20(26(36-21)22(30)15-5-1-2-6-16(15)23(26)31)25(33)28(24(19)32)13-9-11-14(12-10-13)29(34)35/h1-12,19-21H/t19-,20+,21-/m0/s1. The Labute approximate surface area is 208 Å². The molecule has 0 aromatic heterocycles. The third-order valence-corrected chi connectivity index (χ3v) is 7.39. The number of ketones is 2. The van der Waals surface area contributed by atoms with Crippen LogP contribution >= 0.6 is 11.6 Å². The summed E-state index contributed by atoms with van der Waals surface area (Å²) in [5.74, 6) is -5.48. The largest absolute Gasteiger partial charge is 0.349 e. The van der Waals surface area contributed by atoms with Crippen LogP contribution < -0.4 is 4.90 Å². The van der Waals surface area contributed by atoms with Crippen molar-refractivity contribution in [3.8, 4) is 0 Å². The first-order chi connectivity index (χ1) is 17.3. The second kappa shape index (κ2) is 7.64. The number of Topliss-reactive ketones (excluding diaryl/α,β-unsaturated/α-hetero) is 2. The van der Waals surface area contributed by atoms with Crippen molar-refractivity contribution in [2.24, 2.45) is 11.8 Å². The molecular weight excluding hydrogens is 488 g/mol. The van der Waals surface area contributed by atoms with Crippen LogP contribution in [0, 0.1) is 22.0 Å². The number of nitro benzene ring substituents is 1. The zero-order valence-corrected chi connectivity index (χ0v) is 19.0. The van der Waals surface area contributed by atoms with Gasteiger partial charge in [-0.1, -0.05) is 54.1 Å². The molecule has 9 nitrogen and oxygen atoms in total. The molecule has 2 fully saturated rings. The first-order valence-electron chi connectivity index (χ1n) is 11.0. The lowest BCUT2D eigenvalue weighted by atomic mass is 9.77. The highest BCUT2D eigenvalue weighted by molar-refractivity contribution is 6.37. The molecule has 0 saturated carbocycles. The average molecular weight is 503 g/mol. The summed E-state index contributed by atoms with van der Waals surface area (Å²) < 4.78 is 6.19. The molecule has 178 valence electrons. The topological polar surface area (TPSA) is 124 Å². The van der Waals surface area contributed by atoms with Crippen molar-refractivity contribution in [1.82, 2.24) is 0 Å². The van der Waals surface area contributed by atoms with E-state index in [1.165, 1.54) is 36.4 Å². The molecule has 0 unspecified atom stereocenters. The number of fused-ring (bicyclic) bond motifs is 3. The van der Waals surface area contributed by atoms with Crippen LogP contribution in [0.25, 0.3) is 0 Å². The van der Waals surface area contributed by atoms with Gasteiger partial charge in [0.05, 0.1) is 28.6 Å². The summed E-state index contributed by atoms with van der Waals surface area (Å²) in [5, 5.41) is 11.3. The predicted octanol–water partition coefficient (Wildman–Crippen LogP) is 3.94. The average Bonchev–Trinajstić information content (AvgIpc) is 3.44. The number of carbonyl (C=O) groups is 4. The van der Waals surface area contributed by atoms with Crippen molar-refractivity contribution in [2.45, 2.75) is 11.7 Å². The molecular formula is C26H15ClN2O7. The monoisotopic (exact) mass is 502 g/mol. The number of rotatable bonds is 3. The predicted molar refractivity (Wildman–Crippen MR) is 126 cm³/mol. The number of nitro groups is 1. The van der Waals surface area contributed by atoms with Crippen molar-refractivity contribution in [3.63, 3.8) is 0 Å². The summed E-state index contributed by atoms with van der Waals surface area (Å²) in [7, 11) is 0. The van der Waals surface area contributed by atoms with E-state index in [1.54, 1.807) is 36.4 Å². The molecule has 0 bridgehead atoms. The maximum absolute atomic E-state index is 13.8. The fourth-order valence-electron chi connectivity index (χ4n) is 5.48. The van der Waals surface area contributed by atoms with Gasteiger partial charge >= 0.3 is 0 Å². The molecule has 2 heterocycles. The van der Waals surface area contributed by atoms with Gasteiger partial charge in [-0.2, -0.15) is 0 Å². The van der Waals surface area contributed by atoms with E-state index in [0.29, 0.717) is 5.56 Å². The summed E-state index contributed by atoms with van der Waals surface area (Å²) in [6.07, 6.45) is -1.15. The van der Waals surface area contributed by atoms with E-state index in [-0.39, 0.29) is 27.5 Å². The number of hydrogen-bond donors (Lipinski definition) is 0. The molecule has 1 spiro atoms. The lowest BCUT2D eigenvalue weighted by molar-refractivity contribution is -0.384. The maximum Gasteiger partial charge on any atom is 0.269 e. The van der Waals surface area contributed by atoms with Gasteiger partial charge in [-0.25, -0.2) is 4.90 Å². The van der Waals surface area contributed by atoms with Crippen molar-refractivity contribution in [1.29, 1.82) is 0 Å². The van der Waals surface area contributed by atoms with Gasteiger partial charge in [-0.3, -0.25) is 29.3 Å². The number of halogens is 1. The van der Waals surface area contributed by atoms with Crippen LogP contribution in [0.4, 0.5) is 11.4 Å². The zero-order valence-electron chi connectivity index (χ0n) is 18.3. The molecule has 2 saturated heterocycles. The van der Waals surface area contributed by atoms with Gasteiger partial charge in [-0.15, -0.1) is 0 Å². The normalized spacial score (nSPS) is 23.9. The van der Waals surface area contributed by atoms with Crippen molar-refractivity contribution < 1.29 is 28.8 Å². The lowest BCUT2D eigenvalue weighted by Gasteiger charge is -2.27. The molecule has 10 heteroatoms. The summed E-state index contributed by atoms with van der Waals surface area (Å²) in [5.41, 5.74) is -1.74. The Balaban J connectivity index is 1.53. The van der Waals surface area contributed by atoms with Gasteiger partial charge in [0.2, 0.25) is 29.0 Å². The van der Waals surface area contributed by atoms with Gasteiger partial charge in [-0.05, 0) is 18.2 Å². The molecule has 2 aliphatic heterocycles. The van der Waals surface area contributed by atoms with E-state index in [2.05, 4.69) is 0 Å². The van der Waals surface area contributed by atoms with Crippen LogP contribution in [-0.2, 0) is 14.3 Å². The molecule has 3 atom stereocenters. The number of hydrogen-bond acceptors (Lipinski definition) is 7. The summed E-state index contributed by atoms with van der Waals surface area (Å²) in [6, 6.07) is 17.6. The second-order valence-electron chi connectivity index (χ2n) is 8.79. The van der Waals surface area contributed by atoms with Gasteiger partial charge in [0.15, 0.2) is 0 Å². The molecule has 36 heavy (non-hydrogen) atoms. The fourth-order valence-corrected chi connectivity index (χ4v) is 5.73. The zero-order chi connectivity index (χ0) is 25.4. The van der Waals surface area contributed by atoms with Crippen LogP contribution in [0.5, 0.6) is 0 Å². The molecule has 1 aliphatic carbocycles. The Hall–Kier alpha value is -4.21. The highest BCUT2D eigenvalue weighted by Gasteiger charge is 2.74. The van der Waals surface area contributed by atoms with Gasteiger partial charge in [0.1, 0.15) is 0 Å². The first-order valence-corrected chi connectivity index (χ1v) is 11.4. The van der Waals surface area contributed by atoms with Crippen LogP contribution in [0.1, 0.15) is 32.4 Å². The minimum absolute atomic E-state index is 0.0912. The fraction of sp³-hybridized carbons (Fsp3) is 0.154. The van der Waals surface area contributed by atoms with Crippen LogP contribution in [0.2, 0.25) is 5.02 Å². The van der Waals surface area contributed by atoms with E-state index in [1.807, 2.05) is 0 Å². The Morgan fingerprint density at radius 1 is 0.833 bits per heavy atom. The van der Waals surface area contributed by atoms with Gasteiger partial charge < -0.3 is 4.74 Å². The van der Waals surface area contributed by atoms with Crippen molar-refractivity contribution in [2.75, 3.05) is 4.90 Å². The Bertz CT molecular complexity index is 1480. The molecule has 3 aromatic carbocycles. The van der Waals surface area contributed by atoms with Gasteiger partial charge in [0.25, 0.3) is 5.69 Å². The maximum atomic E-state index is 13.8. The highest BCUT2D eigenvalue weighted by Crippen LogP contribution is 2.58. The van der Waals surface area contributed by atoms with Crippen molar-refractivity contribution in [3.05, 3.63) is 105 Å². The molecule has 0 radical (unpaired) electrons. The van der Waals surface area contributed by atoms with E-state index < -0.39 is 51.8 Å². The Kier molecular flexibility index (Phi) is 4.73. The summed E-state index contributed by atoms with van der Waals surface area (Å²) >= 11 is 6.41. The van der Waals surface area contributed by atoms with E-state index in [0.717, 1.165) is 4.90 Å². The number of nitrogens with zero attached hydrogens (tertiary/aromatic N) is 2. The Morgan fingerprint density at radius 3 is 2.00 bits per heavy atom. The number of anilines is 1. The number of carbonyl (C=O) groups excluding carboxylic acids is 4. The number of ether oxygens (including phenoxy) is 1. The minimum atomic E-state index is -2.22. The third-order valence-electron chi connectivity index (χ3n) is 7.05. The highest BCUT2D eigenvalue weighted by atomic mass is 35.5. The van der Waals surface area contributed by atoms with Crippen molar-refractivity contribution >= 4 is 46.4 Å². The number of benzene rings is 3. The van der Waals surface area contributed by atoms with Crippen LogP contribution in [-0.4, -0.2) is 33.9 Å². The smallest absolute Gasteiger partial charge is 0.269 e. The van der Waals surface area contributed by atoms with Gasteiger partial charge in [0, 0.05) is 33.8 Å².